The summed E-state index contributed by atoms with van der Waals surface area (Å²) in [6, 6.07) is 1.88. The highest BCUT2D eigenvalue weighted by Crippen LogP contribution is 2.20. The molecule has 5 nitrogen and oxygen atoms in total. The van der Waals surface area contributed by atoms with E-state index in [0.29, 0.717) is 18.1 Å². The Morgan fingerprint density at radius 2 is 2.00 bits per heavy atom. The predicted molar refractivity (Wildman–Crippen MR) is 65.5 cm³/mol. The van der Waals surface area contributed by atoms with Gasteiger partial charge in [0.2, 0.25) is 0 Å². The second-order valence-corrected chi connectivity index (χ2v) is 3.59. The molecule has 2 aromatic heterocycles. The van der Waals surface area contributed by atoms with Crippen LogP contribution in [-0.4, -0.2) is 21.6 Å². The number of hydrogen-bond acceptors (Lipinski definition) is 5. The van der Waals surface area contributed by atoms with Crippen molar-refractivity contribution in [2.75, 3.05) is 12.3 Å². The van der Waals surface area contributed by atoms with E-state index in [-0.39, 0.29) is 0 Å². The molecule has 2 heterocycles. The van der Waals surface area contributed by atoms with Crippen LogP contribution < -0.4 is 10.5 Å². The zero-order valence-electron chi connectivity index (χ0n) is 9.63. The Kier molecular flexibility index (Phi) is 3.49. The Hall–Kier alpha value is -2.17. The standard InChI is InChI=1S/C12H14N4O/c1-2-3-17-10-4-9(5-14-6-10)11-7-15-8-12(13)16-11/h4-8H,2-3H2,1H3,(H2,13,16). The van der Waals surface area contributed by atoms with Gasteiger partial charge in [-0.25, -0.2) is 4.98 Å². The van der Waals surface area contributed by atoms with Crippen molar-refractivity contribution in [3.05, 3.63) is 30.9 Å². The average molecular weight is 230 g/mol. The number of rotatable bonds is 4. The van der Waals surface area contributed by atoms with E-state index in [2.05, 4.69) is 21.9 Å². The number of hydrogen-bond donors (Lipinski definition) is 1. The second-order valence-electron chi connectivity index (χ2n) is 3.59. The van der Waals surface area contributed by atoms with E-state index in [0.717, 1.165) is 17.7 Å². The van der Waals surface area contributed by atoms with Crippen molar-refractivity contribution in [3.8, 4) is 17.0 Å². The van der Waals surface area contributed by atoms with Crippen molar-refractivity contribution in [2.24, 2.45) is 0 Å². The Morgan fingerprint density at radius 1 is 1.18 bits per heavy atom. The van der Waals surface area contributed by atoms with Gasteiger partial charge in [-0.05, 0) is 12.5 Å². The summed E-state index contributed by atoms with van der Waals surface area (Å²) in [5, 5.41) is 0. The van der Waals surface area contributed by atoms with Crippen molar-refractivity contribution in [1.29, 1.82) is 0 Å². The van der Waals surface area contributed by atoms with Crippen LogP contribution in [0.2, 0.25) is 0 Å². The highest BCUT2D eigenvalue weighted by Gasteiger charge is 2.03. The molecule has 0 aliphatic rings. The van der Waals surface area contributed by atoms with Gasteiger partial charge in [-0.1, -0.05) is 6.92 Å². The van der Waals surface area contributed by atoms with Crippen LogP contribution in [0.4, 0.5) is 5.82 Å². The number of nitrogens with two attached hydrogens (primary N) is 1. The second kappa shape index (κ2) is 5.25. The quantitative estimate of drug-likeness (QED) is 0.868. The molecule has 0 fully saturated rings. The van der Waals surface area contributed by atoms with E-state index < -0.39 is 0 Å². The third-order valence-corrected chi connectivity index (χ3v) is 2.13. The van der Waals surface area contributed by atoms with Gasteiger partial charge >= 0.3 is 0 Å². The topological polar surface area (TPSA) is 73.9 Å². The van der Waals surface area contributed by atoms with Crippen LogP contribution in [0.25, 0.3) is 11.3 Å². The van der Waals surface area contributed by atoms with Crippen LogP contribution >= 0.6 is 0 Å². The molecule has 88 valence electrons. The Balaban J connectivity index is 2.26. The molecule has 0 spiro atoms. The Bertz CT molecular complexity index is 501. The fraction of sp³-hybridized carbons (Fsp3) is 0.250. The zero-order chi connectivity index (χ0) is 12.1. The van der Waals surface area contributed by atoms with Crippen LogP contribution in [-0.2, 0) is 0 Å². The first kappa shape index (κ1) is 11.3. The summed E-state index contributed by atoms with van der Waals surface area (Å²) in [6.07, 6.45) is 7.51. The number of ether oxygens (including phenoxy) is 1. The molecule has 2 N–H and O–H groups in total. The highest BCUT2D eigenvalue weighted by atomic mass is 16.5. The molecule has 0 radical (unpaired) electrons. The van der Waals surface area contributed by atoms with Gasteiger partial charge in [0.1, 0.15) is 11.6 Å². The van der Waals surface area contributed by atoms with Crippen molar-refractivity contribution in [2.45, 2.75) is 13.3 Å². The van der Waals surface area contributed by atoms with Gasteiger partial charge in [-0.15, -0.1) is 0 Å². The van der Waals surface area contributed by atoms with Crippen molar-refractivity contribution < 1.29 is 4.74 Å². The molecule has 2 aromatic rings. The first-order chi connectivity index (χ1) is 8.29. The van der Waals surface area contributed by atoms with Gasteiger partial charge in [-0.3, -0.25) is 9.97 Å². The number of anilines is 1. The molecular weight excluding hydrogens is 216 g/mol. The van der Waals surface area contributed by atoms with Crippen LogP contribution in [0, 0.1) is 0 Å². The fourth-order valence-electron chi connectivity index (χ4n) is 1.38. The summed E-state index contributed by atoms with van der Waals surface area (Å²) in [7, 11) is 0. The zero-order valence-corrected chi connectivity index (χ0v) is 9.63. The largest absolute Gasteiger partial charge is 0.492 e. The van der Waals surface area contributed by atoms with Gasteiger partial charge in [-0.2, -0.15) is 0 Å². The van der Waals surface area contributed by atoms with Gasteiger partial charge in [0.15, 0.2) is 0 Å². The van der Waals surface area contributed by atoms with E-state index in [9.17, 15) is 0 Å². The van der Waals surface area contributed by atoms with Crippen LogP contribution in [0.5, 0.6) is 5.75 Å². The molecule has 5 heteroatoms. The maximum Gasteiger partial charge on any atom is 0.142 e. The lowest BCUT2D eigenvalue weighted by atomic mass is 10.2. The third kappa shape index (κ3) is 2.90. The normalized spacial score (nSPS) is 10.2. The lowest BCUT2D eigenvalue weighted by molar-refractivity contribution is 0.316. The molecule has 17 heavy (non-hydrogen) atoms. The first-order valence-electron chi connectivity index (χ1n) is 5.45. The minimum Gasteiger partial charge on any atom is -0.492 e. The number of pyridine rings is 1. The average Bonchev–Trinajstić information content (AvgIpc) is 2.37. The SMILES string of the molecule is CCCOc1cncc(-c2cncc(N)n2)c1. The van der Waals surface area contributed by atoms with Crippen molar-refractivity contribution >= 4 is 5.82 Å². The van der Waals surface area contributed by atoms with Crippen molar-refractivity contribution in [3.63, 3.8) is 0 Å². The Morgan fingerprint density at radius 3 is 2.76 bits per heavy atom. The minimum absolute atomic E-state index is 0.391. The van der Waals surface area contributed by atoms with Crippen LogP contribution in [0.3, 0.4) is 0 Å². The molecule has 0 aliphatic heterocycles. The first-order valence-corrected chi connectivity index (χ1v) is 5.45. The molecule has 0 aromatic carbocycles. The lowest BCUT2D eigenvalue weighted by Gasteiger charge is -2.06. The van der Waals surface area contributed by atoms with E-state index in [1.807, 2.05) is 6.07 Å². The monoisotopic (exact) mass is 230 g/mol. The van der Waals surface area contributed by atoms with E-state index in [1.165, 1.54) is 6.20 Å². The molecule has 2 rings (SSSR count). The summed E-state index contributed by atoms with van der Waals surface area (Å²) in [6.45, 7) is 2.73. The number of aromatic nitrogens is 3. The highest BCUT2D eigenvalue weighted by molar-refractivity contribution is 5.59. The van der Waals surface area contributed by atoms with Gasteiger partial charge in [0.05, 0.1) is 30.9 Å². The van der Waals surface area contributed by atoms with E-state index in [1.54, 1.807) is 18.6 Å². The summed E-state index contributed by atoms with van der Waals surface area (Å²) in [5.41, 5.74) is 7.13. The summed E-state index contributed by atoms with van der Waals surface area (Å²) in [5.74, 6) is 1.12. The summed E-state index contributed by atoms with van der Waals surface area (Å²) >= 11 is 0. The van der Waals surface area contributed by atoms with Crippen LogP contribution in [0.15, 0.2) is 30.9 Å². The predicted octanol–water partition coefficient (Wildman–Crippen LogP) is 1.91. The van der Waals surface area contributed by atoms with Gasteiger partial charge in [0.25, 0.3) is 0 Å². The van der Waals surface area contributed by atoms with Gasteiger partial charge < -0.3 is 10.5 Å². The maximum atomic E-state index is 5.59. The Labute approximate surface area is 99.7 Å². The third-order valence-electron chi connectivity index (χ3n) is 2.13. The van der Waals surface area contributed by atoms with Crippen molar-refractivity contribution in [1.82, 2.24) is 15.0 Å². The lowest BCUT2D eigenvalue weighted by Crippen LogP contribution is -1.97. The minimum atomic E-state index is 0.391. The summed E-state index contributed by atoms with van der Waals surface area (Å²) in [4.78, 5) is 12.3. The number of nitrogen functional groups attached to an aromatic ring is 1. The summed E-state index contributed by atoms with van der Waals surface area (Å²) < 4.78 is 5.51. The molecular formula is C12H14N4O. The molecule has 0 atom stereocenters. The number of nitrogens with zero attached hydrogens (tertiary/aromatic N) is 3. The molecule has 0 unspecified atom stereocenters. The molecule has 0 bridgehead atoms. The van der Waals surface area contributed by atoms with Crippen LogP contribution in [0.1, 0.15) is 13.3 Å². The smallest absolute Gasteiger partial charge is 0.142 e. The fourth-order valence-corrected chi connectivity index (χ4v) is 1.38. The maximum absolute atomic E-state index is 5.59. The van der Waals surface area contributed by atoms with Gasteiger partial charge in [0, 0.05) is 11.8 Å². The molecule has 0 amide bonds. The molecule has 0 saturated heterocycles. The molecule has 0 aliphatic carbocycles. The van der Waals surface area contributed by atoms with E-state index in [4.69, 9.17) is 10.5 Å². The molecule has 0 saturated carbocycles. The van der Waals surface area contributed by atoms with E-state index >= 15 is 0 Å².